The zero-order chi connectivity index (χ0) is 21.3. The van der Waals surface area contributed by atoms with Gasteiger partial charge < -0.3 is 9.84 Å². The second-order valence-electron chi connectivity index (χ2n) is 6.28. The molecule has 1 aromatic carbocycles. The van der Waals surface area contributed by atoms with Crippen molar-refractivity contribution in [1.29, 1.82) is 0 Å². The summed E-state index contributed by atoms with van der Waals surface area (Å²) in [6, 6.07) is 3.05. The molecule has 1 rings (SSSR count). The number of anilines is 1. The van der Waals surface area contributed by atoms with E-state index in [1.54, 1.807) is 26.7 Å². The van der Waals surface area contributed by atoms with E-state index in [1.165, 1.54) is 0 Å². The molecular formula is C16H14ClF6NO3. The Bertz CT molecular complexity index is 758. The predicted octanol–water partition coefficient (Wildman–Crippen LogP) is 4.89. The van der Waals surface area contributed by atoms with E-state index < -0.39 is 29.6 Å². The van der Waals surface area contributed by atoms with Crippen LogP contribution in [0.1, 0.15) is 26.3 Å². The van der Waals surface area contributed by atoms with Crippen molar-refractivity contribution < 1.29 is 41.0 Å². The van der Waals surface area contributed by atoms with Crippen molar-refractivity contribution in [3.05, 3.63) is 28.8 Å². The summed E-state index contributed by atoms with van der Waals surface area (Å²) in [5.41, 5.74) is -6.35. The van der Waals surface area contributed by atoms with Gasteiger partial charge in [-0.05, 0) is 44.9 Å². The van der Waals surface area contributed by atoms with Crippen LogP contribution in [0, 0.1) is 11.8 Å². The predicted molar refractivity (Wildman–Crippen MR) is 85.2 cm³/mol. The second-order valence-corrected chi connectivity index (χ2v) is 6.68. The number of carbonyl (C=O) groups is 1. The van der Waals surface area contributed by atoms with Gasteiger partial charge in [0.1, 0.15) is 5.60 Å². The van der Waals surface area contributed by atoms with E-state index in [0.717, 1.165) is 24.1 Å². The van der Waals surface area contributed by atoms with E-state index >= 15 is 0 Å². The van der Waals surface area contributed by atoms with Gasteiger partial charge in [-0.15, -0.1) is 0 Å². The lowest BCUT2D eigenvalue weighted by Crippen LogP contribution is -2.55. The lowest BCUT2D eigenvalue weighted by Gasteiger charge is -2.27. The highest BCUT2D eigenvalue weighted by Crippen LogP contribution is 2.42. The van der Waals surface area contributed by atoms with Gasteiger partial charge in [0.25, 0.3) is 0 Å². The van der Waals surface area contributed by atoms with Gasteiger partial charge in [0, 0.05) is 5.56 Å². The first-order valence-electron chi connectivity index (χ1n) is 7.15. The Balaban J connectivity index is 3.12. The molecule has 1 amide bonds. The molecule has 0 fully saturated rings. The molecule has 0 heterocycles. The van der Waals surface area contributed by atoms with Crippen molar-refractivity contribution in [2.45, 2.75) is 44.3 Å². The summed E-state index contributed by atoms with van der Waals surface area (Å²) >= 11 is 5.83. The molecule has 0 unspecified atom stereocenters. The Labute approximate surface area is 155 Å². The minimum absolute atomic E-state index is 0.00151. The lowest BCUT2D eigenvalue weighted by atomic mass is 10.0. The molecular weight excluding hydrogens is 404 g/mol. The van der Waals surface area contributed by atoms with E-state index in [-0.39, 0.29) is 16.3 Å². The molecule has 0 aliphatic carbocycles. The fraction of sp³-hybridized carbons (Fsp3) is 0.438. The molecule has 0 atom stereocenters. The van der Waals surface area contributed by atoms with E-state index in [9.17, 15) is 31.1 Å². The van der Waals surface area contributed by atoms with Crippen LogP contribution in [0.15, 0.2) is 18.2 Å². The molecule has 27 heavy (non-hydrogen) atoms. The molecule has 0 aromatic heterocycles. The quantitative estimate of drug-likeness (QED) is 0.505. The Morgan fingerprint density at radius 3 is 2.04 bits per heavy atom. The number of hydrogen-bond acceptors (Lipinski definition) is 3. The number of carbonyl (C=O) groups excluding carboxylic acids is 1. The van der Waals surface area contributed by atoms with Crippen LogP contribution in [0.5, 0.6) is 0 Å². The molecule has 1 aromatic rings. The summed E-state index contributed by atoms with van der Waals surface area (Å²) in [5.74, 6) is 2.39. The largest absolute Gasteiger partial charge is 0.444 e. The average molecular weight is 418 g/mol. The first kappa shape index (κ1) is 22.9. The molecule has 0 bridgehead atoms. The minimum Gasteiger partial charge on any atom is -0.444 e. The van der Waals surface area contributed by atoms with Crippen LogP contribution in [0.4, 0.5) is 36.8 Å². The third-order valence-electron chi connectivity index (χ3n) is 2.81. The summed E-state index contributed by atoms with van der Waals surface area (Å²) in [5, 5.41) is 11.0. The van der Waals surface area contributed by atoms with Gasteiger partial charge in [-0.25, -0.2) is 4.79 Å². The highest BCUT2D eigenvalue weighted by atomic mass is 35.5. The van der Waals surface area contributed by atoms with Crippen LogP contribution >= 0.6 is 11.6 Å². The Hall–Kier alpha value is -2.12. The van der Waals surface area contributed by atoms with E-state index in [0.29, 0.717) is 0 Å². The number of hydrogen-bond donors (Lipinski definition) is 2. The zero-order valence-corrected chi connectivity index (χ0v) is 14.9. The first-order chi connectivity index (χ1) is 12.0. The van der Waals surface area contributed by atoms with Crippen LogP contribution < -0.4 is 5.32 Å². The Morgan fingerprint density at radius 2 is 1.63 bits per heavy atom. The number of ether oxygens (including phenoxy) is 1. The van der Waals surface area contributed by atoms with Gasteiger partial charge in [0.15, 0.2) is 0 Å². The first-order valence-corrected chi connectivity index (χ1v) is 7.52. The summed E-state index contributed by atoms with van der Waals surface area (Å²) < 4.78 is 80.4. The molecule has 2 N–H and O–H groups in total. The molecule has 0 saturated heterocycles. The number of aliphatic hydroxyl groups is 1. The van der Waals surface area contributed by atoms with Crippen LogP contribution in [0.25, 0.3) is 0 Å². The van der Waals surface area contributed by atoms with E-state index in [1.807, 2.05) is 0 Å². The monoisotopic (exact) mass is 417 g/mol. The van der Waals surface area contributed by atoms with Gasteiger partial charge in [0.05, 0.1) is 10.7 Å². The maximum Gasteiger partial charge on any atom is 0.438 e. The normalized spacial score (nSPS) is 12.9. The second kappa shape index (κ2) is 7.48. The molecule has 0 aliphatic heterocycles. The van der Waals surface area contributed by atoms with Gasteiger partial charge in [-0.2, -0.15) is 26.3 Å². The zero-order valence-electron chi connectivity index (χ0n) is 14.1. The van der Waals surface area contributed by atoms with Crippen LogP contribution in [0.2, 0.25) is 5.02 Å². The van der Waals surface area contributed by atoms with Crippen LogP contribution in [-0.4, -0.2) is 34.8 Å². The fourth-order valence-electron chi connectivity index (χ4n) is 1.57. The molecule has 0 radical (unpaired) electrons. The summed E-state index contributed by atoms with van der Waals surface area (Å²) in [6.45, 7) is 4.82. The van der Waals surface area contributed by atoms with Crippen LogP contribution in [0.3, 0.4) is 0 Å². The minimum atomic E-state index is -6.06. The number of benzene rings is 1. The van der Waals surface area contributed by atoms with E-state index in [2.05, 4.69) is 5.32 Å². The maximum absolute atomic E-state index is 12.6. The third-order valence-corrected chi connectivity index (χ3v) is 3.13. The molecule has 150 valence electrons. The Morgan fingerprint density at radius 1 is 1.11 bits per heavy atom. The number of halogens is 7. The SMILES string of the molecule is CC(C)(C)OC(=O)Nc1ccc(C#CC(O)(C(F)(F)F)C(F)(F)F)cc1Cl. The highest BCUT2D eigenvalue weighted by molar-refractivity contribution is 6.33. The van der Waals surface area contributed by atoms with Crippen molar-refractivity contribution in [3.63, 3.8) is 0 Å². The van der Waals surface area contributed by atoms with Gasteiger partial charge in [0.2, 0.25) is 0 Å². The number of nitrogens with one attached hydrogen (secondary N) is 1. The topological polar surface area (TPSA) is 58.6 Å². The summed E-state index contributed by atoms with van der Waals surface area (Å²) in [7, 11) is 0. The number of amides is 1. The van der Waals surface area contributed by atoms with Crippen molar-refractivity contribution in [2.75, 3.05) is 5.32 Å². The average Bonchev–Trinajstić information content (AvgIpc) is 2.42. The Kier molecular flexibility index (Phi) is 6.35. The molecule has 0 aliphatic rings. The van der Waals surface area contributed by atoms with Crippen molar-refractivity contribution >= 4 is 23.4 Å². The van der Waals surface area contributed by atoms with E-state index in [4.69, 9.17) is 21.4 Å². The van der Waals surface area contributed by atoms with Crippen molar-refractivity contribution in [1.82, 2.24) is 0 Å². The van der Waals surface area contributed by atoms with Crippen molar-refractivity contribution in [3.8, 4) is 11.8 Å². The third kappa shape index (κ3) is 5.94. The number of alkyl halides is 6. The summed E-state index contributed by atoms with van der Waals surface area (Å²) in [6.07, 6.45) is -13.0. The summed E-state index contributed by atoms with van der Waals surface area (Å²) in [4.78, 5) is 11.6. The van der Waals surface area contributed by atoms with Gasteiger partial charge >= 0.3 is 24.0 Å². The highest BCUT2D eigenvalue weighted by Gasteiger charge is 2.70. The molecule has 4 nitrogen and oxygen atoms in total. The molecule has 0 spiro atoms. The standard InChI is InChI=1S/C16H14ClF6NO3/c1-13(2,3)27-12(25)24-11-5-4-9(8-10(11)17)6-7-14(26,15(18,19)20)16(21,22)23/h4-5,8,26H,1-3H3,(H,24,25). The molecule has 0 saturated carbocycles. The maximum atomic E-state index is 12.6. The van der Waals surface area contributed by atoms with Gasteiger partial charge in [-0.1, -0.05) is 17.5 Å². The number of rotatable bonds is 1. The van der Waals surface area contributed by atoms with Crippen molar-refractivity contribution in [2.24, 2.45) is 0 Å². The molecule has 11 heteroatoms. The fourth-order valence-corrected chi connectivity index (χ4v) is 1.80. The van der Waals surface area contributed by atoms with Crippen LogP contribution in [-0.2, 0) is 4.74 Å². The lowest BCUT2D eigenvalue weighted by molar-refractivity contribution is -0.343. The van der Waals surface area contributed by atoms with Gasteiger partial charge in [-0.3, -0.25) is 5.32 Å². The smallest absolute Gasteiger partial charge is 0.438 e.